The molecule has 318 valence electrons. The number of likely N-dealkylation sites (tertiary alicyclic amines) is 1. The minimum absolute atomic E-state index is 0.0633. The first-order valence-electron chi connectivity index (χ1n) is 21.0. The zero-order valence-corrected chi connectivity index (χ0v) is 34.4. The van der Waals surface area contributed by atoms with Crippen molar-refractivity contribution in [2.75, 3.05) is 66.6 Å². The lowest BCUT2D eigenvalue weighted by Gasteiger charge is -2.37. The van der Waals surface area contributed by atoms with E-state index in [9.17, 15) is 19.6 Å². The van der Waals surface area contributed by atoms with Gasteiger partial charge in [-0.2, -0.15) is 10.4 Å². The number of nitrogens with zero attached hydrogens (tertiary/aromatic N) is 4. The van der Waals surface area contributed by atoms with Crippen molar-refractivity contribution in [3.63, 3.8) is 0 Å². The summed E-state index contributed by atoms with van der Waals surface area (Å²) in [7, 11) is 3.28. The number of amides is 3. The van der Waals surface area contributed by atoms with Gasteiger partial charge in [-0.1, -0.05) is 37.1 Å². The Hall–Kier alpha value is -5.17. The summed E-state index contributed by atoms with van der Waals surface area (Å²) in [5, 5.41) is 19.2. The predicted octanol–water partition coefficient (Wildman–Crippen LogP) is 5.39. The summed E-state index contributed by atoms with van der Waals surface area (Å²) in [4.78, 5) is 41.8. The number of nitrogens with one attached hydrogen (secondary N) is 3. The molecule has 4 atom stereocenters. The number of unbranched alkanes of at least 4 members (excludes halogenated alkanes) is 1. The molecular weight excluding hydrogens is 755 g/mol. The summed E-state index contributed by atoms with van der Waals surface area (Å²) in [5.74, 6) is 1.37. The maximum atomic E-state index is 12.9. The Kier molecular flexibility index (Phi) is 16.4. The maximum Gasteiger partial charge on any atom is 0.407 e. The van der Waals surface area contributed by atoms with Crippen LogP contribution in [-0.2, 0) is 25.4 Å². The number of ether oxygens (including phenoxy) is 5. The summed E-state index contributed by atoms with van der Waals surface area (Å²) >= 11 is 0. The van der Waals surface area contributed by atoms with Crippen LogP contribution in [-0.4, -0.2) is 118 Å². The third-order valence-corrected chi connectivity index (χ3v) is 11.6. The normalized spacial score (nSPS) is 21.6. The van der Waals surface area contributed by atoms with E-state index in [4.69, 9.17) is 23.7 Å². The van der Waals surface area contributed by atoms with Crippen molar-refractivity contribution in [1.82, 2.24) is 25.9 Å². The lowest BCUT2D eigenvalue weighted by Crippen LogP contribution is -2.46. The molecule has 1 aliphatic carbocycles. The Morgan fingerprint density at radius 3 is 2.44 bits per heavy atom. The average Bonchev–Trinajstić information content (AvgIpc) is 3.73. The first kappa shape index (κ1) is 43.4. The van der Waals surface area contributed by atoms with Crippen molar-refractivity contribution in [1.29, 1.82) is 5.26 Å². The molecular formula is C44H59N7O8. The van der Waals surface area contributed by atoms with Crippen molar-refractivity contribution in [3.05, 3.63) is 70.8 Å². The number of hydrazone groups is 1. The molecule has 0 spiro atoms. The van der Waals surface area contributed by atoms with Crippen LogP contribution in [0.1, 0.15) is 87.0 Å². The van der Waals surface area contributed by atoms with E-state index in [2.05, 4.69) is 43.1 Å². The highest BCUT2D eigenvalue weighted by Gasteiger charge is 2.36. The van der Waals surface area contributed by atoms with Gasteiger partial charge in [-0.15, -0.1) is 0 Å². The highest BCUT2D eigenvalue weighted by molar-refractivity contribution is 6.03. The molecule has 3 amide bonds. The molecule has 0 aromatic heterocycles. The number of methoxy groups -OCH3 is 2. The first-order valence-corrected chi connectivity index (χ1v) is 21.0. The van der Waals surface area contributed by atoms with Gasteiger partial charge in [-0.05, 0) is 85.9 Å². The van der Waals surface area contributed by atoms with Crippen LogP contribution in [0.3, 0.4) is 0 Å². The number of hydrogen-bond donors (Lipinski definition) is 3. The van der Waals surface area contributed by atoms with Gasteiger partial charge in [-0.25, -0.2) is 15.0 Å². The van der Waals surface area contributed by atoms with E-state index in [-0.39, 0.29) is 18.1 Å². The van der Waals surface area contributed by atoms with Crippen molar-refractivity contribution in [2.45, 2.75) is 95.0 Å². The van der Waals surface area contributed by atoms with Crippen LogP contribution < -0.4 is 25.5 Å². The summed E-state index contributed by atoms with van der Waals surface area (Å²) in [6.07, 6.45) is 9.81. The molecule has 1 saturated heterocycles. The second-order valence-corrected chi connectivity index (χ2v) is 15.5. The van der Waals surface area contributed by atoms with E-state index >= 15 is 0 Å². The molecule has 59 heavy (non-hydrogen) atoms. The molecule has 6 rings (SSSR count). The maximum absolute atomic E-state index is 12.9. The third-order valence-electron chi connectivity index (χ3n) is 11.6. The molecule has 3 heterocycles. The van der Waals surface area contributed by atoms with Gasteiger partial charge in [0.1, 0.15) is 12.2 Å². The molecule has 0 radical (unpaired) electrons. The Morgan fingerprint density at radius 2 is 1.73 bits per heavy atom. The smallest absolute Gasteiger partial charge is 0.407 e. The number of nitriles is 1. The van der Waals surface area contributed by atoms with Crippen LogP contribution in [0, 0.1) is 11.3 Å². The molecule has 2 aromatic rings. The fourth-order valence-corrected chi connectivity index (χ4v) is 8.26. The van der Waals surface area contributed by atoms with E-state index in [0.717, 1.165) is 79.8 Å². The molecule has 15 heteroatoms. The van der Waals surface area contributed by atoms with Gasteiger partial charge in [0, 0.05) is 64.7 Å². The van der Waals surface area contributed by atoms with Crippen molar-refractivity contribution in [3.8, 4) is 17.6 Å². The number of benzene rings is 2. The van der Waals surface area contributed by atoms with Gasteiger partial charge in [-0.3, -0.25) is 14.6 Å². The van der Waals surface area contributed by atoms with E-state index < -0.39 is 18.3 Å². The van der Waals surface area contributed by atoms with Crippen LogP contribution in [0.15, 0.2) is 59.2 Å². The van der Waals surface area contributed by atoms with Gasteiger partial charge in [0.15, 0.2) is 11.5 Å². The van der Waals surface area contributed by atoms with Gasteiger partial charge in [0.25, 0.3) is 0 Å². The molecule has 1 saturated carbocycles. The van der Waals surface area contributed by atoms with Gasteiger partial charge in [0.05, 0.1) is 44.3 Å². The minimum Gasteiger partial charge on any atom is -0.493 e. The summed E-state index contributed by atoms with van der Waals surface area (Å²) in [6, 6.07) is 15.5. The second kappa shape index (κ2) is 22.3. The Bertz CT molecular complexity index is 1830. The highest BCUT2D eigenvalue weighted by Crippen LogP contribution is 2.31. The SMILES string of the molecule is COc1ccc(CCO[C@@H]2CCCC[C@H]2N2CC[C@@H](OC(=O)NCCCCNC(=O)OC(CN3CC=C(C4=NNC(=O)CC4)CC3)c3ccc(C#N)cc3)C2)cc1OC. The molecule has 2 aromatic carbocycles. The zero-order valence-electron chi connectivity index (χ0n) is 34.4. The molecule has 4 aliphatic rings. The largest absolute Gasteiger partial charge is 0.493 e. The summed E-state index contributed by atoms with van der Waals surface area (Å²) < 4.78 is 29.0. The monoisotopic (exact) mass is 813 g/mol. The molecule has 2 fully saturated rings. The van der Waals surface area contributed by atoms with Gasteiger partial charge >= 0.3 is 12.2 Å². The summed E-state index contributed by atoms with van der Waals surface area (Å²) in [6.45, 7) is 4.92. The molecule has 3 N–H and O–H groups in total. The number of carbonyl (C=O) groups excluding carboxylic acids is 3. The van der Waals surface area contributed by atoms with Crippen molar-refractivity contribution >= 4 is 23.8 Å². The lowest BCUT2D eigenvalue weighted by molar-refractivity contribution is -0.121. The number of rotatable bonds is 18. The standard InChI is InChI=1S/C44H59N7O8/c1-55-39-15-11-31(27-40(39)56-2)20-26-57-38-8-4-3-7-37(38)51-25-19-35(29-51)58-43(53)46-21-5-6-22-47-44(54)59-41(34-12-9-32(28-45)10-13-34)30-50-23-17-33(18-24-50)36-14-16-42(52)49-48-36/h9-13,15,17,27,35,37-38,41H,3-8,14,16,18-26,29-30H2,1-2H3,(H,46,53)(H,47,54)(H,49,52)/t35-,37-,38-,41?/m1/s1. The van der Waals surface area contributed by atoms with Gasteiger partial charge in [0.2, 0.25) is 5.91 Å². The average molecular weight is 814 g/mol. The van der Waals surface area contributed by atoms with Crippen LogP contribution in [0.4, 0.5) is 9.59 Å². The Balaban J connectivity index is 0.870. The van der Waals surface area contributed by atoms with E-state index in [1.165, 1.54) is 6.42 Å². The van der Waals surface area contributed by atoms with Crippen LogP contribution in [0.2, 0.25) is 0 Å². The molecule has 0 bridgehead atoms. The van der Waals surface area contributed by atoms with Crippen LogP contribution in [0.5, 0.6) is 11.5 Å². The van der Waals surface area contributed by atoms with E-state index in [1.54, 1.807) is 26.4 Å². The number of carbonyl (C=O) groups is 3. The highest BCUT2D eigenvalue weighted by atomic mass is 16.6. The zero-order chi connectivity index (χ0) is 41.4. The Morgan fingerprint density at radius 1 is 0.949 bits per heavy atom. The van der Waals surface area contributed by atoms with Crippen molar-refractivity contribution < 1.29 is 38.1 Å². The Labute approximate surface area is 347 Å². The first-order chi connectivity index (χ1) is 28.8. The summed E-state index contributed by atoms with van der Waals surface area (Å²) in [5.41, 5.74) is 7.10. The fraction of sp³-hybridized carbons (Fsp3) is 0.568. The number of hydrogen-bond acceptors (Lipinski definition) is 12. The fourth-order valence-electron chi connectivity index (χ4n) is 8.26. The van der Waals surface area contributed by atoms with E-state index in [0.29, 0.717) is 82.4 Å². The van der Waals surface area contributed by atoms with Crippen LogP contribution >= 0.6 is 0 Å². The van der Waals surface area contributed by atoms with Crippen LogP contribution in [0.25, 0.3) is 0 Å². The lowest BCUT2D eigenvalue weighted by atomic mass is 9.91. The second-order valence-electron chi connectivity index (χ2n) is 15.5. The molecule has 1 unspecified atom stereocenters. The molecule has 3 aliphatic heterocycles. The number of alkyl carbamates (subject to hydrolysis) is 2. The predicted molar refractivity (Wildman–Crippen MR) is 221 cm³/mol. The molecule has 15 nitrogen and oxygen atoms in total. The quantitative estimate of drug-likeness (QED) is 0.165. The van der Waals surface area contributed by atoms with Crippen molar-refractivity contribution in [2.24, 2.45) is 5.10 Å². The van der Waals surface area contributed by atoms with E-state index in [1.807, 2.05) is 30.3 Å². The van der Waals surface area contributed by atoms with Gasteiger partial charge < -0.3 is 34.3 Å². The topological polar surface area (TPSA) is 176 Å². The minimum atomic E-state index is -0.543. The third kappa shape index (κ3) is 12.9.